The molecule has 0 bridgehead atoms. The normalized spacial score (nSPS) is 7.00. The Hall–Kier alpha value is -0.0505. The van der Waals surface area contributed by atoms with Crippen LogP contribution in [-0.2, 0) is 21.9 Å². The maximum Gasteiger partial charge on any atom is 0.218 e. The molecular weight excluding hydrogens is 144 g/mol. The molecule has 0 saturated carbocycles. The fourth-order valence-electron chi connectivity index (χ4n) is 0.142. The summed E-state index contributed by atoms with van der Waals surface area (Å²) >= 11 is 0. The molecule has 7 heavy (non-hydrogen) atoms. The van der Waals surface area contributed by atoms with Crippen molar-refractivity contribution in [3.8, 4) is 0 Å². The Bertz CT molecular complexity index is 56.9. The van der Waals surface area contributed by atoms with Crippen LogP contribution in [0.25, 0.3) is 0 Å². The summed E-state index contributed by atoms with van der Waals surface area (Å²) in [5.74, 6) is -0.336. The molecule has 4 heteroatoms. The number of hydrogen-bond acceptors (Lipinski definition) is 2. The smallest absolute Gasteiger partial charge is 0.218 e. The van der Waals surface area contributed by atoms with Crippen molar-refractivity contribution in [2.45, 2.75) is 6.42 Å². The van der Waals surface area contributed by atoms with Gasteiger partial charge in [0.25, 0.3) is 0 Å². The van der Waals surface area contributed by atoms with E-state index in [9.17, 15) is 4.79 Å². The second-order valence-corrected chi connectivity index (χ2v) is 1.00. The Labute approximate surface area is 52.9 Å². The van der Waals surface area contributed by atoms with Crippen LogP contribution < -0.4 is 11.5 Å². The third-order valence-electron chi connectivity index (χ3n) is 0.391. The zero-order valence-electron chi connectivity index (χ0n) is 3.78. The zero-order chi connectivity index (χ0) is 4.99. The average Bonchev–Trinajstić information content (AvgIpc) is 1.35. The fraction of sp³-hybridized carbons (Fsp3) is 0.667. The van der Waals surface area contributed by atoms with Crippen molar-refractivity contribution in [3.63, 3.8) is 0 Å². The molecule has 0 aliphatic rings. The van der Waals surface area contributed by atoms with E-state index in [0.717, 1.165) is 0 Å². The molecule has 4 N–H and O–H groups in total. The fourth-order valence-corrected chi connectivity index (χ4v) is 0.142. The minimum Gasteiger partial charge on any atom is -0.370 e. The molecule has 0 rings (SSSR count). The van der Waals surface area contributed by atoms with E-state index in [1.54, 1.807) is 0 Å². The van der Waals surface area contributed by atoms with Gasteiger partial charge in [-0.3, -0.25) is 4.79 Å². The van der Waals surface area contributed by atoms with Gasteiger partial charge in [-0.1, -0.05) is 0 Å². The van der Waals surface area contributed by atoms with Gasteiger partial charge in [-0.15, -0.1) is 0 Å². The molecule has 1 amide bonds. The van der Waals surface area contributed by atoms with Crippen molar-refractivity contribution in [1.82, 2.24) is 0 Å². The standard InChI is InChI=1S/C3H8N2O.Cu/c4-2-1-3(5)6;/h1-2,4H2,(H2,5,6);. The maximum absolute atomic E-state index is 9.74. The Kier molecular flexibility index (Phi) is 8.53. The van der Waals surface area contributed by atoms with Gasteiger partial charge in [-0.05, 0) is 0 Å². The summed E-state index contributed by atoms with van der Waals surface area (Å²) in [5, 5.41) is 0. The van der Waals surface area contributed by atoms with E-state index in [4.69, 9.17) is 5.73 Å². The van der Waals surface area contributed by atoms with E-state index < -0.39 is 0 Å². The molecule has 47 valence electrons. The van der Waals surface area contributed by atoms with Gasteiger partial charge in [0.2, 0.25) is 5.91 Å². The largest absolute Gasteiger partial charge is 0.370 e. The number of nitrogens with two attached hydrogens (primary N) is 2. The first kappa shape index (κ1) is 10.0. The third kappa shape index (κ3) is 10.7. The molecule has 0 atom stereocenters. The van der Waals surface area contributed by atoms with E-state index >= 15 is 0 Å². The summed E-state index contributed by atoms with van der Waals surface area (Å²) < 4.78 is 0. The van der Waals surface area contributed by atoms with Crippen LogP contribution >= 0.6 is 0 Å². The van der Waals surface area contributed by atoms with E-state index in [1.165, 1.54) is 0 Å². The predicted octanol–water partition coefficient (Wildman–Crippen LogP) is -1.18. The molecule has 3 nitrogen and oxygen atoms in total. The second-order valence-electron chi connectivity index (χ2n) is 1.00. The van der Waals surface area contributed by atoms with Gasteiger partial charge in [0.15, 0.2) is 0 Å². The topological polar surface area (TPSA) is 69.1 Å². The van der Waals surface area contributed by atoms with Crippen LogP contribution in [0.15, 0.2) is 0 Å². The molecule has 0 fully saturated rings. The second kappa shape index (κ2) is 5.95. The molecule has 0 aliphatic heterocycles. The van der Waals surface area contributed by atoms with Crippen LogP contribution in [0, 0.1) is 0 Å². The zero-order valence-corrected chi connectivity index (χ0v) is 4.72. The Morgan fingerprint density at radius 1 is 1.57 bits per heavy atom. The molecule has 0 aromatic rings. The molecule has 1 radical (unpaired) electrons. The van der Waals surface area contributed by atoms with Gasteiger partial charge in [-0.25, -0.2) is 0 Å². The van der Waals surface area contributed by atoms with Gasteiger partial charge >= 0.3 is 0 Å². The number of primary amides is 1. The predicted molar refractivity (Wildman–Crippen MR) is 22.9 cm³/mol. The van der Waals surface area contributed by atoms with Gasteiger partial charge in [-0.2, -0.15) is 0 Å². The monoisotopic (exact) mass is 151 g/mol. The van der Waals surface area contributed by atoms with Crippen LogP contribution in [0.5, 0.6) is 0 Å². The first-order valence-electron chi connectivity index (χ1n) is 1.75. The summed E-state index contributed by atoms with van der Waals surface area (Å²) in [6.07, 6.45) is 0.292. The quantitative estimate of drug-likeness (QED) is 0.488. The molecule has 0 heterocycles. The van der Waals surface area contributed by atoms with Crippen LogP contribution in [0.3, 0.4) is 0 Å². The summed E-state index contributed by atoms with van der Waals surface area (Å²) in [5.41, 5.74) is 9.61. The maximum atomic E-state index is 9.74. The van der Waals surface area contributed by atoms with Crippen LogP contribution in [0.1, 0.15) is 6.42 Å². The van der Waals surface area contributed by atoms with Crippen molar-refractivity contribution in [3.05, 3.63) is 0 Å². The number of hydrogen-bond donors (Lipinski definition) is 2. The van der Waals surface area contributed by atoms with Gasteiger partial charge in [0, 0.05) is 30.0 Å². The number of carbonyl (C=O) groups is 1. The van der Waals surface area contributed by atoms with E-state index in [2.05, 4.69) is 5.73 Å². The van der Waals surface area contributed by atoms with E-state index in [1.807, 2.05) is 0 Å². The van der Waals surface area contributed by atoms with Crippen molar-refractivity contribution in [2.24, 2.45) is 11.5 Å². The Morgan fingerprint density at radius 3 is 2.00 bits per heavy atom. The van der Waals surface area contributed by atoms with Crippen molar-refractivity contribution >= 4 is 5.91 Å². The first-order valence-corrected chi connectivity index (χ1v) is 1.75. The summed E-state index contributed by atoms with van der Waals surface area (Å²) in [6.45, 7) is 0.356. The van der Waals surface area contributed by atoms with Crippen LogP contribution in [0.4, 0.5) is 0 Å². The van der Waals surface area contributed by atoms with Crippen molar-refractivity contribution in [1.29, 1.82) is 0 Å². The van der Waals surface area contributed by atoms with Crippen LogP contribution in [-0.4, -0.2) is 12.5 Å². The summed E-state index contributed by atoms with van der Waals surface area (Å²) in [7, 11) is 0. The molecule has 0 saturated heterocycles. The van der Waals surface area contributed by atoms with E-state index in [-0.39, 0.29) is 23.0 Å². The Balaban J connectivity index is 0. The van der Waals surface area contributed by atoms with Gasteiger partial charge < -0.3 is 11.5 Å². The molecule has 0 aromatic heterocycles. The van der Waals surface area contributed by atoms with Crippen LogP contribution in [0.2, 0.25) is 0 Å². The summed E-state index contributed by atoms with van der Waals surface area (Å²) in [4.78, 5) is 9.74. The molecule has 0 aliphatic carbocycles. The van der Waals surface area contributed by atoms with Gasteiger partial charge in [0.1, 0.15) is 0 Å². The third-order valence-corrected chi connectivity index (χ3v) is 0.391. The van der Waals surface area contributed by atoms with E-state index in [0.29, 0.717) is 13.0 Å². The first-order chi connectivity index (χ1) is 2.77. The average molecular weight is 152 g/mol. The molecule has 0 spiro atoms. The molecular formula is C3H8CuN2O. The van der Waals surface area contributed by atoms with Crippen molar-refractivity contribution < 1.29 is 21.9 Å². The number of carbonyl (C=O) groups excluding carboxylic acids is 1. The minimum atomic E-state index is -0.336. The Morgan fingerprint density at radius 2 is 2.00 bits per heavy atom. The SMILES string of the molecule is NCCC(N)=O.[Cu]. The van der Waals surface area contributed by atoms with Gasteiger partial charge in [0.05, 0.1) is 0 Å². The summed E-state index contributed by atoms with van der Waals surface area (Å²) in [6, 6.07) is 0. The number of amides is 1. The molecule has 0 unspecified atom stereocenters. The number of rotatable bonds is 2. The molecule has 0 aromatic carbocycles. The minimum absolute atomic E-state index is 0. The van der Waals surface area contributed by atoms with Crippen molar-refractivity contribution in [2.75, 3.05) is 6.54 Å².